The number of piperidine rings is 1. The zero-order chi connectivity index (χ0) is 23.3. The number of nitrogens with one attached hydrogen (secondary N) is 1. The number of nitrogens with zero attached hydrogens (tertiary/aromatic N) is 3. The molecule has 0 saturated carbocycles. The molecule has 2 aromatic carbocycles. The Labute approximate surface area is 193 Å². The van der Waals surface area contributed by atoms with Gasteiger partial charge in [-0.1, -0.05) is 24.6 Å². The lowest BCUT2D eigenvalue weighted by Crippen LogP contribution is -2.35. The van der Waals surface area contributed by atoms with Crippen LogP contribution in [0.25, 0.3) is 11.8 Å². The van der Waals surface area contributed by atoms with E-state index < -0.39 is 15.9 Å². The summed E-state index contributed by atoms with van der Waals surface area (Å²) in [5.74, 6) is -0.0282. The number of hydrogen-bond donors (Lipinski definition) is 1. The van der Waals surface area contributed by atoms with Crippen LogP contribution >= 0.6 is 0 Å². The average molecular weight is 467 g/mol. The molecule has 0 aliphatic carbocycles. The van der Waals surface area contributed by atoms with Gasteiger partial charge in [-0.05, 0) is 49.2 Å². The van der Waals surface area contributed by atoms with Crippen molar-refractivity contribution in [1.29, 1.82) is 0 Å². The van der Waals surface area contributed by atoms with E-state index in [1.165, 1.54) is 29.6 Å². The van der Waals surface area contributed by atoms with Crippen molar-refractivity contribution in [2.45, 2.75) is 24.2 Å². The summed E-state index contributed by atoms with van der Waals surface area (Å²) in [6.45, 7) is 1.02. The third-order valence-corrected chi connectivity index (χ3v) is 7.33. The Hall–Kier alpha value is -3.43. The second kappa shape index (κ2) is 10.0. The molecule has 1 saturated heterocycles. The van der Waals surface area contributed by atoms with Gasteiger partial charge in [-0.15, -0.1) is 0 Å². The third-order valence-electron chi connectivity index (χ3n) is 5.43. The highest BCUT2D eigenvalue weighted by molar-refractivity contribution is 7.89. The number of carbonyl (C=O) groups excluding carboxylic acids is 1. The second-order valence-electron chi connectivity index (χ2n) is 7.70. The SMILES string of the molecule is COc1ccc(S(=O)(=O)N2CCCCC2)cc1NC(=O)/C=C/c1cnn(-c2ccccc2)c1. The topological polar surface area (TPSA) is 93.5 Å². The maximum atomic E-state index is 13.0. The van der Waals surface area contributed by atoms with Gasteiger partial charge < -0.3 is 10.1 Å². The summed E-state index contributed by atoms with van der Waals surface area (Å²) in [5.41, 5.74) is 1.96. The Morgan fingerprint density at radius 2 is 1.85 bits per heavy atom. The summed E-state index contributed by atoms with van der Waals surface area (Å²) in [6, 6.07) is 14.2. The zero-order valence-electron chi connectivity index (χ0n) is 18.3. The number of ether oxygens (including phenoxy) is 1. The van der Waals surface area contributed by atoms with Crippen molar-refractivity contribution in [1.82, 2.24) is 14.1 Å². The first-order valence-corrected chi connectivity index (χ1v) is 12.2. The standard InChI is InChI=1S/C24H26N4O4S/c1-32-23-12-11-21(33(30,31)27-14-6-3-7-15-27)16-22(23)26-24(29)13-10-19-17-25-28(18-19)20-8-4-2-5-9-20/h2,4-5,8-13,16-18H,3,6-7,14-15H2,1H3,(H,26,29)/b13-10+. The molecule has 33 heavy (non-hydrogen) atoms. The molecular weight excluding hydrogens is 440 g/mol. The largest absolute Gasteiger partial charge is 0.495 e. The van der Waals surface area contributed by atoms with Crippen molar-refractivity contribution in [2.24, 2.45) is 0 Å². The lowest BCUT2D eigenvalue weighted by molar-refractivity contribution is -0.111. The number of hydrogen-bond acceptors (Lipinski definition) is 5. The Morgan fingerprint density at radius 3 is 2.58 bits per heavy atom. The van der Waals surface area contributed by atoms with E-state index in [1.54, 1.807) is 23.0 Å². The second-order valence-corrected chi connectivity index (χ2v) is 9.64. The molecule has 0 radical (unpaired) electrons. The van der Waals surface area contributed by atoms with Crippen LogP contribution in [0, 0.1) is 0 Å². The van der Waals surface area contributed by atoms with Crippen molar-refractivity contribution in [2.75, 3.05) is 25.5 Å². The first-order valence-electron chi connectivity index (χ1n) is 10.7. The minimum atomic E-state index is -3.63. The maximum Gasteiger partial charge on any atom is 0.248 e. The van der Waals surface area contributed by atoms with E-state index in [4.69, 9.17) is 4.74 Å². The molecule has 0 unspecified atom stereocenters. The number of aromatic nitrogens is 2. The first-order chi connectivity index (χ1) is 16.0. The smallest absolute Gasteiger partial charge is 0.248 e. The molecule has 8 nitrogen and oxygen atoms in total. The average Bonchev–Trinajstić information content (AvgIpc) is 3.33. The summed E-state index contributed by atoms with van der Waals surface area (Å²) >= 11 is 0. The number of benzene rings is 2. The molecular formula is C24H26N4O4S. The van der Waals surface area contributed by atoms with E-state index in [0.29, 0.717) is 24.5 Å². The normalized spacial score (nSPS) is 14.9. The van der Waals surface area contributed by atoms with Gasteiger partial charge in [0.15, 0.2) is 0 Å². The number of anilines is 1. The van der Waals surface area contributed by atoms with Crippen LogP contribution in [-0.2, 0) is 14.8 Å². The van der Waals surface area contributed by atoms with E-state index in [-0.39, 0.29) is 4.90 Å². The molecule has 1 fully saturated rings. The minimum absolute atomic E-state index is 0.133. The van der Waals surface area contributed by atoms with E-state index in [2.05, 4.69) is 10.4 Å². The minimum Gasteiger partial charge on any atom is -0.495 e. The van der Waals surface area contributed by atoms with Crippen LogP contribution in [0.4, 0.5) is 5.69 Å². The van der Waals surface area contributed by atoms with Crippen LogP contribution in [-0.4, -0.2) is 48.6 Å². The first kappa shape index (κ1) is 22.8. The van der Waals surface area contributed by atoms with Gasteiger partial charge in [0.05, 0.1) is 29.6 Å². The van der Waals surface area contributed by atoms with Crippen LogP contribution < -0.4 is 10.1 Å². The van der Waals surface area contributed by atoms with Gasteiger partial charge >= 0.3 is 0 Å². The van der Waals surface area contributed by atoms with Crippen molar-refractivity contribution >= 4 is 27.7 Å². The number of para-hydroxylation sites is 1. The number of amides is 1. The summed E-state index contributed by atoms with van der Waals surface area (Å²) in [6.07, 6.45) is 9.22. The molecule has 1 N–H and O–H groups in total. The summed E-state index contributed by atoms with van der Waals surface area (Å²) in [7, 11) is -2.16. The van der Waals surface area contributed by atoms with Crippen LogP contribution in [0.3, 0.4) is 0 Å². The predicted octanol–water partition coefficient (Wildman–Crippen LogP) is 3.71. The van der Waals surface area contributed by atoms with Gasteiger partial charge in [-0.3, -0.25) is 4.79 Å². The Balaban J connectivity index is 1.49. The van der Waals surface area contributed by atoms with E-state index in [0.717, 1.165) is 30.5 Å². The Morgan fingerprint density at radius 1 is 1.09 bits per heavy atom. The fourth-order valence-corrected chi connectivity index (χ4v) is 5.23. The van der Waals surface area contributed by atoms with Gasteiger partial charge in [-0.25, -0.2) is 13.1 Å². The Kier molecular flexibility index (Phi) is 6.90. The number of sulfonamides is 1. The maximum absolute atomic E-state index is 13.0. The summed E-state index contributed by atoms with van der Waals surface area (Å²) in [5, 5.41) is 7.03. The Bertz CT molecular complexity index is 1250. The lowest BCUT2D eigenvalue weighted by atomic mass is 10.2. The lowest BCUT2D eigenvalue weighted by Gasteiger charge is -2.26. The molecule has 4 rings (SSSR count). The number of methoxy groups -OCH3 is 1. The van der Waals surface area contributed by atoms with Crippen molar-refractivity contribution in [3.8, 4) is 11.4 Å². The molecule has 3 aromatic rings. The highest BCUT2D eigenvalue weighted by atomic mass is 32.2. The fourth-order valence-electron chi connectivity index (χ4n) is 3.69. The molecule has 2 heterocycles. The highest BCUT2D eigenvalue weighted by Crippen LogP contribution is 2.30. The molecule has 0 atom stereocenters. The van der Waals surface area contributed by atoms with Gasteiger partial charge in [0.2, 0.25) is 15.9 Å². The fraction of sp³-hybridized carbons (Fsp3) is 0.250. The van der Waals surface area contributed by atoms with Crippen molar-refractivity contribution < 1.29 is 17.9 Å². The van der Waals surface area contributed by atoms with Crippen LogP contribution in [0.1, 0.15) is 24.8 Å². The zero-order valence-corrected chi connectivity index (χ0v) is 19.2. The molecule has 0 bridgehead atoms. The number of rotatable bonds is 7. The summed E-state index contributed by atoms with van der Waals surface area (Å²) < 4.78 is 34.5. The van der Waals surface area contributed by atoms with Gasteiger partial charge in [0.1, 0.15) is 5.75 Å². The number of carbonyl (C=O) groups is 1. The quantitative estimate of drug-likeness (QED) is 0.536. The van der Waals surface area contributed by atoms with Gasteiger partial charge in [0, 0.05) is 30.9 Å². The molecule has 1 aliphatic rings. The molecule has 9 heteroatoms. The predicted molar refractivity (Wildman–Crippen MR) is 127 cm³/mol. The van der Waals surface area contributed by atoms with Crippen molar-refractivity contribution in [3.63, 3.8) is 0 Å². The third kappa shape index (κ3) is 5.32. The highest BCUT2D eigenvalue weighted by Gasteiger charge is 2.26. The van der Waals surface area contributed by atoms with E-state index >= 15 is 0 Å². The van der Waals surface area contributed by atoms with E-state index in [9.17, 15) is 13.2 Å². The monoisotopic (exact) mass is 466 g/mol. The molecule has 172 valence electrons. The van der Waals surface area contributed by atoms with Gasteiger partial charge in [-0.2, -0.15) is 9.40 Å². The molecule has 1 aromatic heterocycles. The van der Waals surface area contributed by atoms with Crippen LogP contribution in [0.15, 0.2) is 71.9 Å². The summed E-state index contributed by atoms with van der Waals surface area (Å²) in [4.78, 5) is 12.7. The molecule has 1 aliphatic heterocycles. The molecule has 0 spiro atoms. The van der Waals surface area contributed by atoms with Gasteiger partial charge in [0.25, 0.3) is 0 Å². The van der Waals surface area contributed by atoms with E-state index in [1.807, 2.05) is 36.5 Å². The van der Waals surface area contributed by atoms with Crippen molar-refractivity contribution in [3.05, 3.63) is 72.6 Å². The van der Waals surface area contributed by atoms with Crippen LogP contribution in [0.5, 0.6) is 5.75 Å². The van der Waals surface area contributed by atoms with Crippen LogP contribution in [0.2, 0.25) is 0 Å². The molecule has 1 amide bonds.